The molecule has 1 aliphatic carbocycles. The minimum atomic E-state index is -0.308. The summed E-state index contributed by atoms with van der Waals surface area (Å²) in [7, 11) is 3.73. The predicted octanol–water partition coefficient (Wildman–Crippen LogP) is 2.01. The number of aromatic nitrogens is 3. The first-order valence-corrected chi connectivity index (χ1v) is 8.60. The SMILES string of the molecule is COc1cccc(C2CC(O)CN2Cc2nnc(C3CC3)n2C)c1. The lowest BCUT2D eigenvalue weighted by molar-refractivity contribution is 0.170. The maximum absolute atomic E-state index is 10.2. The highest BCUT2D eigenvalue weighted by Gasteiger charge is 2.34. The molecular weight excluding hydrogens is 304 g/mol. The number of hydrogen-bond donors (Lipinski definition) is 1. The summed E-state index contributed by atoms with van der Waals surface area (Å²) in [6.45, 7) is 1.36. The molecule has 1 aromatic heterocycles. The zero-order valence-electron chi connectivity index (χ0n) is 14.2. The summed E-state index contributed by atoms with van der Waals surface area (Å²) in [5.41, 5.74) is 1.18. The molecule has 128 valence electrons. The summed E-state index contributed by atoms with van der Waals surface area (Å²) in [6.07, 6.45) is 2.87. The summed E-state index contributed by atoms with van der Waals surface area (Å²) in [4.78, 5) is 2.29. The van der Waals surface area contributed by atoms with Gasteiger partial charge in [-0.3, -0.25) is 4.90 Å². The summed E-state index contributed by atoms with van der Waals surface area (Å²) in [5, 5.41) is 19.0. The van der Waals surface area contributed by atoms with Crippen LogP contribution in [-0.4, -0.2) is 44.5 Å². The highest BCUT2D eigenvalue weighted by atomic mass is 16.5. The highest BCUT2D eigenvalue weighted by molar-refractivity contribution is 5.31. The molecule has 2 aliphatic rings. The zero-order valence-corrected chi connectivity index (χ0v) is 14.2. The molecule has 0 bridgehead atoms. The van der Waals surface area contributed by atoms with Crippen LogP contribution in [0.2, 0.25) is 0 Å². The van der Waals surface area contributed by atoms with Crippen molar-refractivity contribution in [1.29, 1.82) is 0 Å². The zero-order chi connectivity index (χ0) is 16.7. The molecule has 4 rings (SSSR count). The molecular formula is C18H24N4O2. The minimum absolute atomic E-state index is 0.177. The topological polar surface area (TPSA) is 63.4 Å². The van der Waals surface area contributed by atoms with Crippen LogP contribution in [0.25, 0.3) is 0 Å². The largest absolute Gasteiger partial charge is 0.497 e. The number of hydrogen-bond acceptors (Lipinski definition) is 5. The number of nitrogens with zero attached hydrogens (tertiary/aromatic N) is 4. The van der Waals surface area contributed by atoms with Gasteiger partial charge in [0.25, 0.3) is 0 Å². The predicted molar refractivity (Wildman–Crippen MR) is 89.7 cm³/mol. The Balaban J connectivity index is 1.56. The van der Waals surface area contributed by atoms with Crippen LogP contribution in [0.4, 0.5) is 0 Å². The van der Waals surface area contributed by atoms with Crippen molar-refractivity contribution >= 4 is 0 Å². The first-order valence-electron chi connectivity index (χ1n) is 8.60. The van der Waals surface area contributed by atoms with Gasteiger partial charge in [0.05, 0.1) is 19.8 Å². The standard InChI is InChI=1S/C18H24N4O2/c1-21-17(19-20-18(21)12-6-7-12)11-22-10-14(23)9-16(22)13-4-3-5-15(8-13)24-2/h3-5,8,12,14,16,23H,6-7,9-11H2,1-2H3. The number of aliphatic hydroxyl groups excluding tert-OH is 1. The van der Waals surface area contributed by atoms with Crippen molar-refractivity contribution in [2.75, 3.05) is 13.7 Å². The van der Waals surface area contributed by atoms with E-state index in [1.165, 1.54) is 18.4 Å². The second-order valence-corrected chi connectivity index (χ2v) is 6.92. The Morgan fingerprint density at radius 1 is 1.29 bits per heavy atom. The molecule has 2 unspecified atom stereocenters. The van der Waals surface area contributed by atoms with Crippen LogP contribution >= 0.6 is 0 Å². The van der Waals surface area contributed by atoms with Crippen LogP contribution < -0.4 is 4.74 Å². The molecule has 2 fully saturated rings. The van der Waals surface area contributed by atoms with Gasteiger partial charge in [-0.25, -0.2) is 0 Å². The van der Waals surface area contributed by atoms with Crippen LogP contribution in [0.15, 0.2) is 24.3 Å². The number of β-amino-alcohol motifs (C(OH)–C–C–N with tert-alkyl or cyclic N) is 1. The van der Waals surface area contributed by atoms with Crippen LogP contribution in [0.1, 0.15) is 48.4 Å². The maximum atomic E-state index is 10.2. The summed E-state index contributed by atoms with van der Waals surface area (Å²) < 4.78 is 7.47. The molecule has 6 nitrogen and oxygen atoms in total. The fourth-order valence-electron chi connectivity index (χ4n) is 3.64. The quantitative estimate of drug-likeness (QED) is 0.910. The van der Waals surface area contributed by atoms with E-state index in [-0.39, 0.29) is 12.1 Å². The van der Waals surface area contributed by atoms with Crippen molar-refractivity contribution in [2.45, 2.75) is 43.9 Å². The van der Waals surface area contributed by atoms with Gasteiger partial charge >= 0.3 is 0 Å². The Morgan fingerprint density at radius 3 is 2.88 bits per heavy atom. The molecule has 2 heterocycles. The molecule has 1 N–H and O–H groups in total. The second-order valence-electron chi connectivity index (χ2n) is 6.92. The summed E-state index contributed by atoms with van der Waals surface area (Å²) >= 11 is 0. The van der Waals surface area contributed by atoms with Crippen LogP contribution in [0.3, 0.4) is 0 Å². The van der Waals surface area contributed by atoms with E-state index in [0.717, 1.165) is 23.8 Å². The Bertz CT molecular complexity index is 726. The number of ether oxygens (including phenoxy) is 1. The summed E-state index contributed by atoms with van der Waals surface area (Å²) in [5.74, 6) is 3.51. The Labute approximate surface area is 142 Å². The number of rotatable bonds is 5. The fourth-order valence-corrected chi connectivity index (χ4v) is 3.64. The van der Waals surface area contributed by atoms with Gasteiger partial charge in [0.2, 0.25) is 0 Å². The molecule has 1 saturated heterocycles. The smallest absolute Gasteiger partial charge is 0.146 e. The van der Waals surface area contributed by atoms with E-state index in [9.17, 15) is 5.11 Å². The van der Waals surface area contributed by atoms with Crippen LogP contribution in [0, 0.1) is 0 Å². The third-order valence-corrected chi connectivity index (χ3v) is 5.15. The molecule has 2 aromatic rings. The lowest BCUT2D eigenvalue weighted by atomic mass is 10.0. The van der Waals surface area contributed by atoms with Crippen molar-refractivity contribution < 1.29 is 9.84 Å². The van der Waals surface area contributed by atoms with Crippen molar-refractivity contribution in [3.63, 3.8) is 0 Å². The van der Waals surface area contributed by atoms with Gasteiger partial charge in [0.1, 0.15) is 17.4 Å². The second kappa shape index (κ2) is 6.18. The van der Waals surface area contributed by atoms with Crippen molar-refractivity contribution in [2.24, 2.45) is 7.05 Å². The van der Waals surface area contributed by atoms with E-state index in [2.05, 4.69) is 38.8 Å². The Morgan fingerprint density at radius 2 is 2.12 bits per heavy atom. The molecule has 24 heavy (non-hydrogen) atoms. The molecule has 0 radical (unpaired) electrons. The molecule has 2 atom stereocenters. The molecule has 1 aromatic carbocycles. The highest BCUT2D eigenvalue weighted by Crippen LogP contribution is 2.39. The normalized spacial score (nSPS) is 24.5. The minimum Gasteiger partial charge on any atom is -0.497 e. The van der Waals surface area contributed by atoms with E-state index < -0.39 is 0 Å². The molecule has 6 heteroatoms. The van der Waals surface area contributed by atoms with Crippen molar-refractivity contribution in [3.8, 4) is 5.75 Å². The average Bonchev–Trinajstić information content (AvgIpc) is 3.28. The fraction of sp³-hybridized carbons (Fsp3) is 0.556. The van der Waals surface area contributed by atoms with Crippen LogP contribution in [-0.2, 0) is 13.6 Å². The van der Waals surface area contributed by atoms with E-state index >= 15 is 0 Å². The molecule has 1 saturated carbocycles. The lowest BCUT2D eigenvalue weighted by Gasteiger charge is -2.24. The van der Waals surface area contributed by atoms with E-state index in [4.69, 9.17) is 4.74 Å². The molecule has 1 aliphatic heterocycles. The van der Waals surface area contributed by atoms with Gasteiger partial charge < -0.3 is 14.4 Å². The number of methoxy groups -OCH3 is 1. The van der Waals surface area contributed by atoms with Crippen molar-refractivity contribution in [3.05, 3.63) is 41.5 Å². The summed E-state index contributed by atoms with van der Waals surface area (Å²) in [6, 6.07) is 8.29. The maximum Gasteiger partial charge on any atom is 0.146 e. The Kier molecular flexibility index (Phi) is 4.02. The number of aliphatic hydroxyl groups is 1. The monoisotopic (exact) mass is 328 g/mol. The van der Waals surface area contributed by atoms with Gasteiger partial charge in [-0.15, -0.1) is 10.2 Å². The molecule has 0 amide bonds. The Hall–Kier alpha value is -1.92. The van der Waals surface area contributed by atoms with Crippen LogP contribution in [0.5, 0.6) is 5.75 Å². The van der Waals surface area contributed by atoms with Crippen molar-refractivity contribution in [1.82, 2.24) is 19.7 Å². The van der Waals surface area contributed by atoms with E-state index in [0.29, 0.717) is 19.0 Å². The average molecular weight is 328 g/mol. The first-order chi connectivity index (χ1) is 11.7. The van der Waals surface area contributed by atoms with Gasteiger partial charge in [-0.2, -0.15) is 0 Å². The molecule has 0 spiro atoms. The van der Waals surface area contributed by atoms with Gasteiger partial charge in [0.15, 0.2) is 0 Å². The van der Waals surface area contributed by atoms with E-state index in [1.807, 2.05) is 12.1 Å². The third kappa shape index (κ3) is 2.91. The van der Waals surface area contributed by atoms with Gasteiger partial charge in [-0.1, -0.05) is 12.1 Å². The van der Waals surface area contributed by atoms with E-state index in [1.54, 1.807) is 7.11 Å². The first kappa shape index (κ1) is 15.6. The van der Waals surface area contributed by atoms with Gasteiger partial charge in [0, 0.05) is 25.6 Å². The number of benzene rings is 1. The third-order valence-electron chi connectivity index (χ3n) is 5.15. The number of likely N-dealkylation sites (tertiary alicyclic amines) is 1. The van der Waals surface area contributed by atoms with Gasteiger partial charge in [-0.05, 0) is 37.0 Å². The lowest BCUT2D eigenvalue weighted by Crippen LogP contribution is -2.26.